The van der Waals surface area contributed by atoms with Crippen LogP contribution in [0.2, 0.25) is 5.02 Å². The summed E-state index contributed by atoms with van der Waals surface area (Å²) in [5, 5.41) is 3.68. The summed E-state index contributed by atoms with van der Waals surface area (Å²) in [7, 11) is 0. The van der Waals surface area contributed by atoms with Crippen molar-refractivity contribution in [3.8, 4) is 11.1 Å². The first-order chi connectivity index (χ1) is 10.2. The highest BCUT2D eigenvalue weighted by Gasteiger charge is 1.98. The van der Waals surface area contributed by atoms with Crippen LogP contribution in [0.1, 0.15) is 5.56 Å². The van der Waals surface area contributed by atoms with Gasteiger partial charge < -0.3 is 16.8 Å². The van der Waals surface area contributed by atoms with Crippen LogP contribution >= 0.6 is 11.6 Å². The second-order valence-corrected chi connectivity index (χ2v) is 5.06. The number of hydrogen-bond acceptors (Lipinski definition) is 2. The fraction of sp³-hybridized carbons (Fsp3) is 0.188. The van der Waals surface area contributed by atoms with Crippen LogP contribution in [0.15, 0.2) is 53.5 Å². The molecule has 21 heavy (non-hydrogen) atoms. The maximum Gasteiger partial charge on any atom is 0.188 e. The highest BCUT2D eigenvalue weighted by molar-refractivity contribution is 6.30. The molecule has 0 aliphatic carbocycles. The van der Waals surface area contributed by atoms with E-state index in [2.05, 4.69) is 22.4 Å². The molecule has 0 aromatic heterocycles. The van der Waals surface area contributed by atoms with Gasteiger partial charge in [0.15, 0.2) is 5.96 Å². The van der Waals surface area contributed by atoms with Gasteiger partial charge in [0, 0.05) is 18.1 Å². The number of nitrogens with zero attached hydrogens (tertiary/aromatic N) is 1. The number of hydrogen-bond donors (Lipinski definition) is 3. The zero-order chi connectivity index (χ0) is 15.1. The van der Waals surface area contributed by atoms with Crippen molar-refractivity contribution in [1.82, 2.24) is 5.32 Å². The predicted octanol–water partition coefficient (Wildman–Crippen LogP) is 2.37. The largest absolute Gasteiger partial charge is 0.370 e. The lowest BCUT2D eigenvalue weighted by molar-refractivity contribution is 0.857. The van der Waals surface area contributed by atoms with Crippen LogP contribution in [0.25, 0.3) is 11.1 Å². The van der Waals surface area contributed by atoms with Gasteiger partial charge in [-0.3, -0.25) is 0 Å². The number of nitrogens with one attached hydrogen (secondary N) is 1. The molecule has 0 spiro atoms. The van der Waals surface area contributed by atoms with Crippen molar-refractivity contribution < 1.29 is 0 Å². The minimum absolute atomic E-state index is 0.419. The van der Waals surface area contributed by atoms with Gasteiger partial charge in [-0.15, -0.1) is 0 Å². The summed E-state index contributed by atoms with van der Waals surface area (Å²) in [6.45, 7) is 1.71. The molecule has 0 heterocycles. The summed E-state index contributed by atoms with van der Waals surface area (Å²) in [5.74, 6) is 0.419. The first-order valence-electron chi connectivity index (χ1n) is 6.78. The van der Waals surface area contributed by atoms with E-state index in [0.29, 0.717) is 25.6 Å². The minimum Gasteiger partial charge on any atom is -0.370 e. The van der Waals surface area contributed by atoms with Crippen molar-refractivity contribution in [2.45, 2.75) is 6.54 Å². The molecule has 0 atom stereocenters. The number of halogens is 1. The molecule has 2 aromatic carbocycles. The molecular formula is C16H19ClN4. The Balaban J connectivity index is 2.00. The van der Waals surface area contributed by atoms with Crippen molar-refractivity contribution in [2.24, 2.45) is 16.5 Å². The van der Waals surface area contributed by atoms with Crippen LogP contribution < -0.4 is 16.8 Å². The fourth-order valence-corrected chi connectivity index (χ4v) is 2.00. The average molecular weight is 303 g/mol. The summed E-state index contributed by atoms with van der Waals surface area (Å²) in [4.78, 5) is 4.26. The summed E-state index contributed by atoms with van der Waals surface area (Å²) < 4.78 is 0. The van der Waals surface area contributed by atoms with Gasteiger partial charge in [0.2, 0.25) is 0 Å². The standard InChI is InChI=1S/C16H19ClN4/c17-15-7-5-14(6-8-15)13-3-1-12(2-4-13)11-21-16(19)20-10-9-18/h1-8H,9-11,18H2,(H3,19,20,21). The highest BCUT2D eigenvalue weighted by Crippen LogP contribution is 2.22. The van der Waals surface area contributed by atoms with E-state index in [1.165, 1.54) is 0 Å². The number of aliphatic imine (C=N–C) groups is 1. The number of benzene rings is 2. The topological polar surface area (TPSA) is 76.4 Å². The molecule has 0 amide bonds. The third kappa shape index (κ3) is 4.77. The number of nitrogens with two attached hydrogens (primary N) is 2. The summed E-state index contributed by atoms with van der Waals surface area (Å²) in [6, 6.07) is 16.0. The third-order valence-electron chi connectivity index (χ3n) is 3.01. The van der Waals surface area contributed by atoms with Crippen molar-refractivity contribution in [3.05, 3.63) is 59.1 Å². The fourth-order valence-electron chi connectivity index (χ4n) is 1.88. The minimum atomic E-state index is 0.419. The van der Waals surface area contributed by atoms with E-state index < -0.39 is 0 Å². The molecule has 0 unspecified atom stereocenters. The molecule has 2 rings (SSSR count). The molecule has 0 saturated heterocycles. The average Bonchev–Trinajstić information content (AvgIpc) is 2.52. The molecule has 0 fully saturated rings. The van der Waals surface area contributed by atoms with E-state index in [4.69, 9.17) is 23.1 Å². The third-order valence-corrected chi connectivity index (χ3v) is 3.27. The van der Waals surface area contributed by atoms with E-state index >= 15 is 0 Å². The molecule has 0 saturated carbocycles. The number of guanidine groups is 1. The molecule has 2 aromatic rings. The lowest BCUT2D eigenvalue weighted by Gasteiger charge is -2.05. The van der Waals surface area contributed by atoms with Crippen molar-refractivity contribution in [2.75, 3.05) is 13.1 Å². The second kappa shape index (κ2) is 7.67. The van der Waals surface area contributed by atoms with Crippen LogP contribution in [0.3, 0.4) is 0 Å². The van der Waals surface area contributed by atoms with Crippen LogP contribution in [0, 0.1) is 0 Å². The molecule has 110 valence electrons. The predicted molar refractivity (Wildman–Crippen MR) is 89.3 cm³/mol. The van der Waals surface area contributed by atoms with Gasteiger partial charge in [0.1, 0.15) is 0 Å². The SMILES string of the molecule is NCCNC(N)=NCc1ccc(-c2ccc(Cl)cc2)cc1. The maximum atomic E-state index is 5.89. The summed E-state index contributed by atoms with van der Waals surface area (Å²) in [6.07, 6.45) is 0. The van der Waals surface area contributed by atoms with Gasteiger partial charge in [0.25, 0.3) is 0 Å². The molecule has 5 N–H and O–H groups in total. The molecule has 0 aliphatic heterocycles. The lowest BCUT2D eigenvalue weighted by atomic mass is 10.0. The first kappa shape index (κ1) is 15.4. The smallest absolute Gasteiger partial charge is 0.188 e. The lowest BCUT2D eigenvalue weighted by Crippen LogP contribution is -2.35. The Labute approximate surface area is 129 Å². The Morgan fingerprint density at radius 2 is 1.57 bits per heavy atom. The van der Waals surface area contributed by atoms with Crippen molar-refractivity contribution in [3.63, 3.8) is 0 Å². The zero-order valence-electron chi connectivity index (χ0n) is 11.7. The van der Waals surface area contributed by atoms with E-state index in [1.54, 1.807) is 0 Å². The molecule has 4 nitrogen and oxygen atoms in total. The molecular weight excluding hydrogens is 284 g/mol. The highest BCUT2D eigenvalue weighted by atomic mass is 35.5. The van der Waals surface area contributed by atoms with Crippen molar-refractivity contribution >= 4 is 17.6 Å². The van der Waals surface area contributed by atoms with Crippen LogP contribution in [-0.2, 0) is 6.54 Å². The molecule has 0 bridgehead atoms. The van der Waals surface area contributed by atoms with E-state index in [0.717, 1.165) is 21.7 Å². The number of rotatable bonds is 5. The van der Waals surface area contributed by atoms with Crippen LogP contribution in [0.5, 0.6) is 0 Å². The van der Waals surface area contributed by atoms with E-state index in [9.17, 15) is 0 Å². The van der Waals surface area contributed by atoms with Crippen molar-refractivity contribution in [1.29, 1.82) is 0 Å². The molecule has 5 heteroatoms. The Morgan fingerprint density at radius 3 is 2.14 bits per heavy atom. The Kier molecular flexibility index (Phi) is 5.60. The van der Waals surface area contributed by atoms with Crippen LogP contribution in [0.4, 0.5) is 0 Å². The zero-order valence-corrected chi connectivity index (χ0v) is 12.5. The van der Waals surface area contributed by atoms with Gasteiger partial charge in [-0.1, -0.05) is 48.0 Å². The van der Waals surface area contributed by atoms with Gasteiger partial charge in [-0.2, -0.15) is 0 Å². The van der Waals surface area contributed by atoms with Gasteiger partial charge in [-0.05, 0) is 28.8 Å². The van der Waals surface area contributed by atoms with E-state index in [1.807, 2.05) is 36.4 Å². The van der Waals surface area contributed by atoms with E-state index in [-0.39, 0.29) is 0 Å². The van der Waals surface area contributed by atoms with Crippen LogP contribution in [-0.4, -0.2) is 19.0 Å². The monoisotopic (exact) mass is 302 g/mol. The Hall–Kier alpha value is -2.04. The van der Waals surface area contributed by atoms with Gasteiger partial charge in [-0.25, -0.2) is 4.99 Å². The summed E-state index contributed by atoms with van der Waals surface area (Å²) >= 11 is 5.89. The maximum absolute atomic E-state index is 5.89. The Morgan fingerprint density at radius 1 is 1.00 bits per heavy atom. The molecule has 0 aliphatic rings. The normalized spacial score (nSPS) is 11.4. The molecule has 0 radical (unpaired) electrons. The summed E-state index contributed by atoms with van der Waals surface area (Å²) in [5.41, 5.74) is 14.5. The van der Waals surface area contributed by atoms with Gasteiger partial charge in [0.05, 0.1) is 6.54 Å². The second-order valence-electron chi connectivity index (χ2n) is 4.62. The van der Waals surface area contributed by atoms with Gasteiger partial charge >= 0.3 is 0 Å². The Bertz CT molecular complexity index is 591. The quantitative estimate of drug-likeness (QED) is 0.586. The first-order valence-corrected chi connectivity index (χ1v) is 7.15.